The van der Waals surface area contributed by atoms with E-state index in [1.807, 2.05) is 17.6 Å². The lowest BCUT2D eigenvalue weighted by Crippen LogP contribution is -2.28. The lowest BCUT2D eigenvalue weighted by atomic mass is 10.2. The Bertz CT molecular complexity index is 1140. The van der Waals surface area contributed by atoms with E-state index in [9.17, 15) is 9.59 Å². The van der Waals surface area contributed by atoms with E-state index in [0.29, 0.717) is 39.5 Å². The van der Waals surface area contributed by atoms with Crippen molar-refractivity contribution in [1.82, 2.24) is 20.1 Å². The third-order valence-electron chi connectivity index (χ3n) is 4.60. The fraction of sp³-hybridized carbons (Fsp3) is 0.217. The molecule has 0 saturated carbocycles. The Morgan fingerprint density at radius 1 is 1.24 bits per heavy atom. The number of aromatic nitrogens is 3. The van der Waals surface area contributed by atoms with Crippen LogP contribution in [0.5, 0.6) is 5.75 Å². The van der Waals surface area contributed by atoms with Crippen molar-refractivity contribution in [2.45, 2.75) is 24.7 Å². The first-order valence-corrected chi connectivity index (χ1v) is 11.5. The first-order valence-electron chi connectivity index (χ1n) is 10.1. The van der Waals surface area contributed by atoms with E-state index in [1.54, 1.807) is 48.5 Å². The van der Waals surface area contributed by atoms with Gasteiger partial charge >= 0.3 is 0 Å². The van der Waals surface area contributed by atoms with Crippen LogP contribution in [0, 0.1) is 0 Å². The number of anilines is 1. The number of carbonyl (C=O) groups is 2. The Morgan fingerprint density at radius 2 is 2.00 bits per heavy atom. The molecule has 1 unspecified atom stereocenters. The fourth-order valence-corrected chi connectivity index (χ4v) is 3.98. The van der Waals surface area contributed by atoms with Gasteiger partial charge in [0.15, 0.2) is 11.0 Å². The average Bonchev–Trinajstić information content (AvgIpc) is 3.21. The van der Waals surface area contributed by atoms with Crippen molar-refractivity contribution in [2.24, 2.45) is 0 Å². The van der Waals surface area contributed by atoms with E-state index in [2.05, 4.69) is 27.4 Å². The predicted molar refractivity (Wildman–Crippen MR) is 130 cm³/mol. The van der Waals surface area contributed by atoms with Crippen LogP contribution in [0.2, 0.25) is 5.02 Å². The van der Waals surface area contributed by atoms with E-state index < -0.39 is 6.04 Å². The number of methoxy groups -OCH3 is 1. The van der Waals surface area contributed by atoms with Gasteiger partial charge in [0.05, 0.1) is 24.6 Å². The first kappa shape index (κ1) is 24.3. The number of hydrogen-bond donors (Lipinski definition) is 2. The fourth-order valence-electron chi connectivity index (χ4n) is 3.06. The van der Waals surface area contributed by atoms with Gasteiger partial charge in [-0.25, -0.2) is 0 Å². The summed E-state index contributed by atoms with van der Waals surface area (Å²) in [4.78, 5) is 25.0. The van der Waals surface area contributed by atoms with Gasteiger partial charge in [-0.05, 0) is 37.3 Å². The minimum absolute atomic E-state index is 0.0930. The topological polar surface area (TPSA) is 98.1 Å². The number of benzene rings is 2. The smallest absolute Gasteiger partial charge is 0.251 e. The van der Waals surface area contributed by atoms with Crippen molar-refractivity contribution in [3.8, 4) is 5.75 Å². The van der Waals surface area contributed by atoms with Crippen molar-refractivity contribution in [3.63, 3.8) is 0 Å². The molecule has 3 aromatic rings. The van der Waals surface area contributed by atoms with Gasteiger partial charge in [0, 0.05) is 17.1 Å². The Morgan fingerprint density at radius 3 is 2.70 bits per heavy atom. The van der Waals surface area contributed by atoms with Gasteiger partial charge in [-0.15, -0.1) is 16.8 Å². The number of nitrogens with zero attached hydrogens (tertiary/aromatic N) is 3. The molecule has 1 atom stereocenters. The van der Waals surface area contributed by atoms with Gasteiger partial charge in [-0.3, -0.25) is 9.59 Å². The third kappa shape index (κ3) is 6.36. The molecular formula is C23H24ClN5O3S. The highest BCUT2D eigenvalue weighted by molar-refractivity contribution is 7.99. The highest BCUT2D eigenvalue weighted by Crippen LogP contribution is 2.28. The molecule has 2 N–H and O–H groups in total. The lowest BCUT2D eigenvalue weighted by molar-refractivity contribution is -0.113. The zero-order valence-electron chi connectivity index (χ0n) is 18.2. The SMILES string of the molecule is C=CCn1c(SCC(=O)Nc2cc(Cl)ccc2OC)nnc1C(C)NC(=O)c1ccccc1. The molecule has 33 heavy (non-hydrogen) atoms. The molecule has 2 aromatic carbocycles. The summed E-state index contributed by atoms with van der Waals surface area (Å²) in [5.74, 6) is 0.716. The van der Waals surface area contributed by atoms with Gasteiger partial charge in [0.25, 0.3) is 5.91 Å². The van der Waals surface area contributed by atoms with Crippen LogP contribution in [-0.2, 0) is 11.3 Å². The summed E-state index contributed by atoms with van der Waals surface area (Å²) in [5.41, 5.74) is 1.04. The summed E-state index contributed by atoms with van der Waals surface area (Å²) in [6, 6.07) is 13.5. The molecule has 3 rings (SSSR count). The van der Waals surface area contributed by atoms with Crippen molar-refractivity contribution in [3.05, 3.63) is 77.6 Å². The van der Waals surface area contributed by atoms with Crippen LogP contribution < -0.4 is 15.4 Å². The third-order valence-corrected chi connectivity index (χ3v) is 5.80. The first-order chi connectivity index (χ1) is 15.9. The molecule has 0 radical (unpaired) electrons. The van der Waals surface area contributed by atoms with Crippen molar-refractivity contribution < 1.29 is 14.3 Å². The van der Waals surface area contributed by atoms with Crippen LogP contribution in [-0.4, -0.2) is 39.4 Å². The molecule has 0 saturated heterocycles. The molecule has 0 spiro atoms. The maximum Gasteiger partial charge on any atom is 0.251 e. The largest absolute Gasteiger partial charge is 0.495 e. The Hall–Kier alpha value is -3.30. The zero-order valence-corrected chi connectivity index (χ0v) is 19.8. The van der Waals surface area contributed by atoms with Crippen molar-refractivity contribution in [2.75, 3.05) is 18.2 Å². The number of ether oxygens (including phenoxy) is 1. The molecule has 0 aliphatic heterocycles. The second-order valence-corrected chi connectivity index (χ2v) is 8.36. The molecule has 1 heterocycles. The summed E-state index contributed by atoms with van der Waals surface area (Å²) in [7, 11) is 1.52. The van der Waals surface area contributed by atoms with Crippen LogP contribution in [0.15, 0.2) is 66.3 Å². The summed E-state index contributed by atoms with van der Waals surface area (Å²) < 4.78 is 7.08. The quantitative estimate of drug-likeness (QED) is 0.327. The summed E-state index contributed by atoms with van der Waals surface area (Å²) in [5, 5.41) is 15.2. The normalized spacial score (nSPS) is 11.5. The molecule has 0 aliphatic carbocycles. The molecule has 1 aromatic heterocycles. The number of carbonyl (C=O) groups excluding carboxylic acids is 2. The maximum atomic E-state index is 12.5. The lowest BCUT2D eigenvalue weighted by Gasteiger charge is -2.15. The Kier molecular flexibility index (Phi) is 8.51. The van der Waals surface area contributed by atoms with Gasteiger partial charge < -0.3 is 19.9 Å². The molecular weight excluding hydrogens is 462 g/mol. The molecule has 0 aliphatic rings. The predicted octanol–water partition coefficient (Wildman–Crippen LogP) is 4.35. The van der Waals surface area contributed by atoms with Gasteiger partial charge in [0.2, 0.25) is 5.91 Å². The Labute approximate surface area is 201 Å². The number of hydrogen-bond acceptors (Lipinski definition) is 6. The summed E-state index contributed by atoms with van der Waals surface area (Å²) >= 11 is 7.25. The highest BCUT2D eigenvalue weighted by atomic mass is 35.5. The van der Waals surface area contributed by atoms with Gasteiger partial charge in [-0.1, -0.05) is 47.6 Å². The second-order valence-electron chi connectivity index (χ2n) is 6.98. The minimum atomic E-state index is -0.399. The monoisotopic (exact) mass is 485 g/mol. The minimum Gasteiger partial charge on any atom is -0.495 e. The van der Waals surface area contributed by atoms with Crippen LogP contribution in [0.3, 0.4) is 0 Å². The molecule has 172 valence electrons. The van der Waals surface area contributed by atoms with E-state index in [-0.39, 0.29) is 17.6 Å². The highest BCUT2D eigenvalue weighted by Gasteiger charge is 2.20. The second kappa shape index (κ2) is 11.5. The standard InChI is InChI=1S/C23H24ClN5O3S/c1-4-12-29-21(15(2)25-22(31)16-8-6-5-7-9-16)27-28-23(29)33-14-20(30)26-18-13-17(24)10-11-19(18)32-3/h4-11,13,15H,1,12,14H2,2-3H3,(H,25,31)(H,26,30). The average molecular weight is 486 g/mol. The van der Waals surface area contributed by atoms with Crippen LogP contribution in [0.1, 0.15) is 29.1 Å². The van der Waals surface area contributed by atoms with Gasteiger partial charge in [-0.2, -0.15) is 0 Å². The van der Waals surface area contributed by atoms with Crippen LogP contribution in [0.4, 0.5) is 5.69 Å². The number of allylic oxidation sites excluding steroid dienone is 1. The number of nitrogens with one attached hydrogen (secondary N) is 2. The van der Waals surface area contributed by atoms with E-state index in [4.69, 9.17) is 16.3 Å². The van der Waals surface area contributed by atoms with E-state index in [0.717, 1.165) is 0 Å². The molecule has 0 fully saturated rings. The molecule has 2 amide bonds. The summed E-state index contributed by atoms with van der Waals surface area (Å²) in [6.45, 7) is 6.05. The number of rotatable bonds is 10. The molecule has 0 bridgehead atoms. The number of amides is 2. The molecule has 10 heteroatoms. The summed E-state index contributed by atoms with van der Waals surface area (Å²) in [6.07, 6.45) is 1.71. The Balaban J connectivity index is 1.68. The van der Waals surface area contributed by atoms with Crippen LogP contribution >= 0.6 is 23.4 Å². The zero-order chi connectivity index (χ0) is 23.8. The van der Waals surface area contributed by atoms with E-state index in [1.165, 1.54) is 18.9 Å². The van der Waals surface area contributed by atoms with Gasteiger partial charge in [0.1, 0.15) is 5.75 Å². The van der Waals surface area contributed by atoms with Crippen molar-refractivity contribution in [1.29, 1.82) is 0 Å². The molecule has 8 nitrogen and oxygen atoms in total. The number of halogens is 1. The van der Waals surface area contributed by atoms with Crippen LogP contribution in [0.25, 0.3) is 0 Å². The van der Waals surface area contributed by atoms with Crippen molar-refractivity contribution >= 4 is 40.9 Å². The maximum absolute atomic E-state index is 12.5. The number of thioether (sulfide) groups is 1. The van der Waals surface area contributed by atoms with E-state index >= 15 is 0 Å².